The van der Waals surface area contributed by atoms with Crippen molar-refractivity contribution in [3.8, 4) is 5.69 Å². The maximum atomic E-state index is 12.8. The summed E-state index contributed by atoms with van der Waals surface area (Å²) in [5, 5.41) is 7.11. The number of nitrogens with zero attached hydrogens (tertiary/aromatic N) is 5. The summed E-state index contributed by atoms with van der Waals surface area (Å²) in [4.78, 5) is 31.4. The van der Waals surface area contributed by atoms with Gasteiger partial charge in [-0.3, -0.25) is 14.3 Å². The van der Waals surface area contributed by atoms with Gasteiger partial charge in [-0.25, -0.2) is 4.98 Å². The van der Waals surface area contributed by atoms with Gasteiger partial charge in [-0.15, -0.1) is 0 Å². The van der Waals surface area contributed by atoms with E-state index in [9.17, 15) is 9.59 Å². The van der Waals surface area contributed by atoms with Gasteiger partial charge in [0.05, 0.1) is 0 Å². The van der Waals surface area contributed by atoms with Crippen LogP contribution in [0.4, 0.5) is 5.69 Å². The highest BCUT2D eigenvalue weighted by atomic mass is 16.2. The van der Waals surface area contributed by atoms with Crippen LogP contribution < -0.4 is 5.32 Å². The third-order valence-corrected chi connectivity index (χ3v) is 5.33. The van der Waals surface area contributed by atoms with Gasteiger partial charge in [-0.05, 0) is 57.0 Å². The van der Waals surface area contributed by atoms with E-state index in [-0.39, 0.29) is 18.4 Å². The van der Waals surface area contributed by atoms with Gasteiger partial charge in [0.25, 0.3) is 0 Å². The van der Waals surface area contributed by atoms with Crippen molar-refractivity contribution < 1.29 is 9.59 Å². The number of rotatable bonds is 5. The molecular formula is C21H24N6O2. The van der Waals surface area contributed by atoms with Crippen LogP contribution in [0.2, 0.25) is 0 Å². The van der Waals surface area contributed by atoms with Crippen molar-refractivity contribution >= 4 is 17.5 Å². The Bertz CT molecular complexity index is 1020. The largest absolute Gasteiger partial charge is 0.329 e. The van der Waals surface area contributed by atoms with Crippen LogP contribution in [-0.4, -0.2) is 48.6 Å². The van der Waals surface area contributed by atoms with Crippen molar-refractivity contribution in [2.75, 3.05) is 11.9 Å². The van der Waals surface area contributed by atoms with E-state index < -0.39 is 6.04 Å². The van der Waals surface area contributed by atoms with Crippen LogP contribution in [0.25, 0.3) is 5.69 Å². The summed E-state index contributed by atoms with van der Waals surface area (Å²) in [6.45, 7) is 4.59. The molecule has 0 bridgehead atoms. The van der Waals surface area contributed by atoms with Crippen LogP contribution in [0.3, 0.4) is 0 Å². The molecule has 1 saturated heterocycles. The van der Waals surface area contributed by atoms with Gasteiger partial charge in [0.15, 0.2) is 0 Å². The summed E-state index contributed by atoms with van der Waals surface area (Å²) in [6, 6.07) is 9.00. The van der Waals surface area contributed by atoms with Crippen LogP contribution in [-0.2, 0) is 16.1 Å². The molecular weight excluding hydrogens is 368 g/mol. The average Bonchev–Trinajstić information content (AvgIpc) is 3.44. The number of aryl methyl sites for hydroxylation is 2. The van der Waals surface area contributed by atoms with Crippen molar-refractivity contribution in [2.45, 2.75) is 39.3 Å². The average molecular weight is 392 g/mol. The minimum atomic E-state index is -0.450. The Kier molecular flexibility index (Phi) is 5.16. The molecule has 1 aliphatic rings. The van der Waals surface area contributed by atoms with Gasteiger partial charge in [-0.1, -0.05) is 0 Å². The number of carbonyl (C=O) groups excluding carboxylic acids is 2. The molecule has 1 aromatic carbocycles. The van der Waals surface area contributed by atoms with E-state index in [0.717, 1.165) is 23.6 Å². The number of hydrogen-bond acceptors (Lipinski definition) is 4. The molecule has 29 heavy (non-hydrogen) atoms. The summed E-state index contributed by atoms with van der Waals surface area (Å²) < 4.78 is 3.63. The smallest absolute Gasteiger partial charge is 0.247 e. The minimum absolute atomic E-state index is 0.0830. The Morgan fingerprint density at radius 3 is 2.59 bits per heavy atom. The molecule has 0 saturated carbocycles. The van der Waals surface area contributed by atoms with E-state index in [2.05, 4.69) is 15.4 Å². The second kappa shape index (κ2) is 7.90. The standard InChI is InChI=1S/C21H24N6O2/c1-15-9-10-23-27(15)14-20(28)26-12-3-4-19(26)21(29)24-17-5-7-18(8-6-17)25-13-11-22-16(25)2/h5-11,13,19H,3-4,12,14H2,1-2H3,(H,24,29). The Morgan fingerprint density at radius 2 is 1.93 bits per heavy atom. The zero-order valence-corrected chi connectivity index (χ0v) is 16.6. The first-order valence-corrected chi connectivity index (χ1v) is 9.72. The van der Waals surface area contributed by atoms with Crippen LogP contribution in [0, 0.1) is 13.8 Å². The highest BCUT2D eigenvalue weighted by Crippen LogP contribution is 2.21. The zero-order chi connectivity index (χ0) is 20.4. The molecule has 8 nitrogen and oxygen atoms in total. The molecule has 2 aromatic heterocycles. The molecule has 3 heterocycles. The van der Waals surface area contributed by atoms with Crippen molar-refractivity contribution in [3.05, 3.63) is 60.4 Å². The SMILES string of the molecule is Cc1nccn1-c1ccc(NC(=O)C2CCCN2C(=O)Cn2nccc2C)cc1. The molecule has 1 aliphatic heterocycles. The fraction of sp³-hybridized carbons (Fsp3) is 0.333. The Morgan fingerprint density at radius 1 is 1.14 bits per heavy atom. The first-order valence-electron chi connectivity index (χ1n) is 9.72. The van der Waals surface area contributed by atoms with E-state index in [1.807, 2.05) is 54.9 Å². The second-order valence-electron chi connectivity index (χ2n) is 7.26. The van der Waals surface area contributed by atoms with E-state index >= 15 is 0 Å². The summed E-state index contributed by atoms with van der Waals surface area (Å²) in [5.74, 6) is 0.661. The number of amides is 2. The molecule has 0 radical (unpaired) electrons. The van der Waals surface area contributed by atoms with Gasteiger partial charge >= 0.3 is 0 Å². The second-order valence-corrected chi connectivity index (χ2v) is 7.26. The predicted octanol–water partition coefficient (Wildman–Crippen LogP) is 2.32. The molecule has 150 valence electrons. The van der Waals surface area contributed by atoms with E-state index in [1.165, 1.54) is 0 Å². The maximum Gasteiger partial charge on any atom is 0.247 e. The van der Waals surface area contributed by atoms with E-state index in [1.54, 1.807) is 22.0 Å². The van der Waals surface area contributed by atoms with Gasteiger partial charge in [0.1, 0.15) is 18.4 Å². The number of hydrogen-bond donors (Lipinski definition) is 1. The quantitative estimate of drug-likeness (QED) is 0.722. The molecule has 3 aromatic rings. The third kappa shape index (κ3) is 3.91. The van der Waals surface area contributed by atoms with Gasteiger partial charge < -0.3 is 14.8 Å². The minimum Gasteiger partial charge on any atom is -0.329 e. The summed E-state index contributed by atoms with van der Waals surface area (Å²) in [5.41, 5.74) is 2.61. The molecule has 0 spiro atoms. The summed E-state index contributed by atoms with van der Waals surface area (Å²) >= 11 is 0. The number of nitrogens with one attached hydrogen (secondary N) is 1. The van der Waals surface area contributed by atoms with Crippen molar-refractivity contribution in [3.63, 3.8) is 0 Å². The van der Waals surface area contributed by atoms with Crippen LogP contribution in [0.1, 0.15) is 24.4 Å². The van der Waals surface area contributed by atoms with Crippen LogP contribution >= 0.6 is 0 Å². The van der Waals surface area contributed by atoms with Crippen LogP contribution in [0.5, 0.6) is 0 Å². The van der Waals surface area contributed by atoms with Crippen molar-refractivity contribution in [2.24, 2.45) is 0 Å². The number of imidazole rings is 1. The lowest BCUT2D eigenvalue weighted by atomic mass is 10.2. The molecule has 0 aliphatic carbocycles. The molecule has 2 amide bonds. The number of aromatic nitrogens is 4. The molecule has 1 atom stereocenters. The van der Waals surface area contributed by atoms with Crippen molar-refractivity contribution in [1.29, 1.82) is 0 Å². The monoisotopic (exact) mass is 392 g/mol. The fourth-order valence-electron chi connectivity index (χ4n) is 3.70. The Balaban J connectivity index is 1.41. The molecule has 1 fully saturated rings. The first-order chi connectivity index (χ1) is 14.0. The predicted molar refractivity (Wildman–Crippen MR) is 109 cm³/mol. The van der Waals surface area contributed by atoms with Crippen molar-refractivity contribution in [1.82, 2.24) is 24.2 Å². The van der Waals surface area contributed by atoms with E-state index in [0.29, 0.717) is 18.7 Å². The summed E-state index contributed by atoms with van der Waals surface area (Å²) in [7, 11) is 0. The topological polar surface area (TPSA) is 85.0 Å². The van der Waals surface area contributed by atoms with Gasteiger partial charge in [-0.2, -0.15) is 5.10 Å². The lowest BCUT2D eigenvalue weighted by Crippen LogP contribution is -2.44. The Labute approximate surface area is 169 Å². The molecule has 4 rings (SSSR count). The highest BCUT2D eigenvalue weighted by molar-refractivity contribution is 5.97. The van der Waals surface area contributed by atoms with Gasteiger partial charge in [0, 0.05) is 42.2 Å². The highest BCUT2D eigenvalue weighted by Gasteiger charge is 2.34. The third-order valence-electron chi connectivity index (χ3n) is 5.33. The fourth-order valence-corrected chi connectivity index (χ4v) is 3.70. The van der Waals surface area contributed by atoms with E-state index in [4.69, 9.17) is 0 Å². The Hall–Kier alpha value is -3.42. The molecule has 1 N–H and O–H groups in total. The zero-order valence-electron chi connectivity index (χ0n) is 16.6. The maximum absolute atomic E-state index is 12.8. The first kappa shape index (κ1) is 18.9. The normalized spacial score (nSPS) is 16.2. The number of anilines is 1. The van der Waals surface area contributed by atoms with Gasteiger partial charge in [0.2, 0.25) is 11.8 Å². The molecule has 1 unspecified atom stereocenters. The molecule has 8 heteroatoms. The number of benzene rings is 1. The lowest BCUT2D eigenvalue weighted by Gasteiger charge is -2.24. The lowest BCUT2D eigenvalue weighted by molar-refractivity contribution is -0.137. The van der Waals surface area contributed by atoms with Crippen LogP contribution in [0.15, 0.2) is 48.9 Å². The number of likely N-dealkylation sites (tertiary alicyclic amines) is 1. The number of carbonyl (C=O) groups is 2. The summed E-state index contributed by atoms with van der Waals surface area (Å²) in [6.07, 6.45) is 6.81.